The van der Waals surface area contributed by atoms with Gasteiger partial charge in [0.1, 0.15) is 17.2 Å². The molecule has 160 valence electrons. The van der Waals surface area contributed by atoms with Gasteiger partial charge in [-0.15, -0.1) is 0 Å². The number of amides is 2. The molecule has 0 unspecified atom stereocenters. The number of hydrogen-bond acceptors (Lipinski definition) is 6. The maximum Gasteiger partial charge on any atom is 0.240 e. The smallest absolute Gasteiger partial charge is 0.240 e. The summed E-state index contributed by atoms with van der Waals surface area (Å²) in [5.41, 5.74) is 3.69. The Labute approximate surface area is 183 Å². The van der Waals surface area contributed by atoms with Gasteiger partial charge in [-0.2, -0.15) is 5.10 Å². The molecular formula is C21H24BrN3O5. The first kappa shape index (κ1) is 23.2. The van der Waals surface area contributed by atoms with E-state index in [4.69, 9.17) is 14.2 Å². The summed E-state index contributed by atoms with van der Waals surface area (Å²) in [6, 6.07) is 10.5. The van der Waals surface area contributed by atoms with Gasteiger partial charge in [-0.3, -0.25) is 9.59 Å². The van der Waals surface area contributed by atoms with E-state index in [0.717, 1.165) is 10.2 Å². The van der Waals surface area contributed by atoms with E-state index < -0.39 is 0 Å². The molecule has 0 saturated heterocycles. The molecule has 0 spiro atoms. The van der Waals surface area contributed by atoms with Gasteiger partial charge >= 0.3 is 0 Å². The molecule has 0 aromatic heterocycles. The molecule has 8 nitrogen and oxygen atoms in total. The van der Waals surface area contributed by atoms with E-state index in [-0.39, 0.29) is 24.7 Å². The third-order valence-corrected chi connectivity index (χ3v) is 4.54. The van der Waals surface area contributed by atoms with Crippen LogP contribution in [0.3, 0.4) is 0 Å². The highest BCUT2D eigenvalue weighted by atomic mass is 79.9. The molecular weight excluding hydrogens is 454 g/mol. The van der Waals surface area contributed by atoms with Crippen molar-refractivity contribution in [1.29, 1.82) is 0 Å². The van der Waals surface area contributed by atoms with Crippen molar-refractivity contribution in [3.05, 3.63) is 46.4 Å². The largest absolute Gasteiger partial charge is 0.496 e. The summed E-state index contributed by atoms with van der Waals surface area (Å²) in [5.74, 6) is 1.25. The van der Waals surface area contributed by atoms with Gasteiger partial charge in [0.2, 0.25) is 11.8 Å². The summed E-state index contributed by atoms with van der Waals surface area (Å²) < 4.78 is 16.6. The third kappa shape index (κ3) is 7.07. The SMILES string of the molecule is CCOc1ccc(NC(=O)CCC(=O)NN=Cc2cc(Br)c(OC)cc2OC)cc1. The molecule has 0 heterocycles. The molecule has 0 saturated carbocycles. The molecule has 0 aliphatic rings. The maximum absolute atomic E-state index is 12.0. The lowest BCUT2D eigenvalue weighted by molar-refractivity contribution is -0.124. The van der Waals surface area contributed by atoms with E-state index in [9.17, 15) is 9.59 Å². The molecule has 0 radical (unpaired) electrons. The summed E-state index contributed by atoms with van der Waals surface area (Å²) in [5, 5.41) is 6.66. The number of nitrogens with one attached hydrogen (secondary N) is 2. The second kappa shape index (κ2) is 11.8. The zero-order valence-electron chi connectivity index (χ0n) is 17.0. The molecule has 0 bridgehead atoms. The van der Waals surface area contributed by atoms with E-state index in [1.54, 1.807) is 43.5 Å². The number of benzene rings is 2. The van der Waals surface area contributed by atoms with Crippen molar-refractivity contribution in [2.75, 3.05) is 26.1 Å². The Morgan fingerprint density at radius 1 is 1.03 bits per heavy atom. The monoisotopic (exact) mass is 477 g/mol. The van der Waals surface area contributed by atoms with Gasteiger partial charge in [0.05, 0.1) is 31.5 Å². The first-order valence-electron chi connectivity index (χ1n) is 9.23. The maximum atomic E-state index is 12.0. The lowest BCUT2D eigenvalue weighted by atomic mass is 10.2. The third-order valence-electron chi connectivity index (χ3n) is 3.93. The summed E-state index contributed by atoms with van der Waals surface area (Å²) in [4.78, 5) is 24.0. The van der Waals surface area contributed by atoms with Crippen LogP contribution < -0.4 is 25.0 Å². The zero-order chi connectivity index (χ0) is 21.9. The van der Waals surface area contributed by atoms with Crippen molar-refractivity contribution in [3.8, 4) is 17.2 Å². The van der Waals surface area contributed by atoms with Crippen LogP contribution in [0.5, 0.6) is 17.2 Å². The van der Waals surface area contributed by atoms with Gasteiger partial charge in [0, 0.05) is 30.2 Å². The fourth-order valence-electron chi connectivity index (χ4n) is 2.47. The van der Waals surface area contributed by atoms with Gasteiger partial charge in [0.25, 0.3) is 0 Å². The van der Waals surface area contributed by atoms with E-state index in [0.29, 0.717) is 29.4 Å². The van der Waals surface area contributed by atoms with Gasteiger partial charge in [-0.05, 0) is 53.2 Å². The second-order valence-corrected chi connectivity index (χ2v) is 6.88. The number of carbonyl (C=O) groups is 2. The number of carbonyl (C=O) groups excluding carboxylic acids is 2. The molecule has 2 aromatic carbocycles. The first-order chi connectivity index (χ1) is 14.5. The van der Waals surface area contributed by atoms with Crippen LogP contribution in [0.2, 0.25) is 0 Å². The lowest BCUT2D eigenvalue weighted by Gasteiger charge is -2.09. The first-order valence-corrected chi connectivity index (χ1v) is 10.0. The Balaban J connectivity index is 1.82. The number of nitrogens with zero attached hydrogens (tertiary/aromatic N) is 1. The number of ether oxygens (including phenoxy) is 3. The highest BCUT2D eigenvalue weighted by Crippen LogP contribution is 2.31. The van der Waals surface area contributed by atoms with Crippen molar-refractivity contribution in [3.63, 3.8) is 0 Å². The molecule has 0 aliphatic heterocycles. The van der Waals surface area contributed by atoms with Crippen molar-refractivity contribution in [1.82, 2.24) is 5.43 Å². The van der Waals surface area contributed by atoms with E-state index in [2.05, 4.69) is 31.8 Å². The zero-order valence-corrected chi connectivity index (χ0v) is 18.6. The van der Waals surface area contributed by atoms with Gasteiger partial charge in [0.15, 0.2) is 0 Å². The molecule has 2 aromatic rings. The van der Waals surface area contributed by atoms with E-state index >= 15 is 0 Å². The Morgan fingerprint density at radius 3 is 2.33 bits per heavy atom. The summed E-state index contributed by atoms with van der Waals surface area (Å²) in [6.45, 7) is 2.48. The molecule has 0 atom stereocenters. The Morgan fingerprint density at radius 2 is 1.70 bits per heavy atom. The molecule has 9 heteroatoms. The molecule has 2 amide bonds. The van der Waals surface area contributed by atoms with Crippen LogP contribution >= 0.6 is 15.9 Å². The standard InChI is InChI=1S/C21H24BrN3O5/c1-4-30-16-7-5-15(6-8-16)24-20(26)9-10-21(27)25-23-13-14-11-17(22)19(29-3)12-18(14)28-2/h5-8,11-13H,4,9-10H2,1-3H3,(H,24,26)(H,25,27). The van der Waals surface area contributed by atoms with E-state index in [1.165, 1.54) is 13.3 Å². The predicted octanol–water partition coefficient (Wildman–Crippen LogP) is 3.73. The Kier molecular flexibility index (Phi) is 9.14. The number of rotatable bonds is 10. The van der Waals surface area contributed by atoms with Crippen LogP contribution in [0.15, 0.2) is 46.0 Å². The van der Waals surface area contributed by atoms with Gasteiger partial charge < -0.3 is 19.5 Å². The minimum Gasteiger partial charge on any atom is -0.496 e. The second-order valence-electron chi connectivity index (χ2n) is 6.03. The quantitative estimate of drug-likeness (QED) is 0.401. The Hall–Kier alpha value is -3.07. The molecule has 2 rings (SSSR count). The summed E-state index contributed by atoms with van der Waals surface area (Å²) in [7, 11) is 3.08. The van der Waals surface area contributed by atoms with Crippen LogP contribution in [-0.4, -0.2) is 38.9 Å². The van der Waals surface area contributed by atoms with Crippen LogP contribution in [0, 0.1) is 0 Å². The van der Waals surface area contributed by atoms with Crippen LogP contribution in [0.1, 0.15) is 25.3 Å². The predicted molar refractivity (Wildman–Crippen MR) is 118 cm³/mol. The van der Waals surface area contributed by atoms with Gasteiger partial charge in [-0.25, -0.2) is 5.43 Å². The average Bonchev–Trinajstić information content (AvgIpc) is 2.74. The fraction of sp³-hybridized carbons (Fsp3) is 0.286. The van der Waals surface area contributed by atoms with Crippen molar-refractivity contribution in [2.24, 2.45) is 5.10 Å². The molecule has 0 fully saturated rings. The normalized spacial score (nSPS) is 10.5. The van der Waals surface area contributed by atoms with Crippen molar-refractivity contribution >= 4 is 39.6 Å². The van der Waals surface area contributed by atoms with Crippen LogP contribution in [0.4, 0.5) is 5.69 Å². The highest BCUT2D eigenvalue weighted by Gasteiger charge is 2.09. The number of hydrazone groups is 1. The molecule has 30 heavy (non-hydrogen) atoms. The van der Waals surface area contributed by atoms with Crippen LogP contribution in [-0.2, 0) is 9.59 Å². The molecule has 0 aliphatic carbocycles. The Bertz CT molecular complexity index is 900. The average molecular weight is 478 g/mol. The van der Waals surface area contributed by atoms with Gasteiger partial charge in [-0.1, -0.05) is 0 Å². The summed E-state index contributed by atoms with van der Waals surface area (Å²) >= 11 is 3.39. The number of methoxy groups -OCH3 is 2. The number of hydrogen-bond donors (Lipinski definition) is 2. The number of halogens is 1. The van der Waals surface area contributed by atoms with E-state index in [1.807, 2.05) is 6.92 Å². The highest BCUT2D eigenvalue weighted by molar-refractivity contribution is 9.10. The van der Waals surface area contributed by atoms with Crippen LogP contribution in [0.25, 0.3) is 0 Å². The van der Waals surface area contributed by atoms with Crippen molar-refractivity contribution in [2.45, 2.75) is 19.8 Å². The van der Waals surface area contributed by atoms with Crippen molar-refractivity contribution < 1.29 is 23.8 Å². The molecule has 2 N–H and O–H groups in total. The number of anilines is 1. The minimum atomic E-state index is -0.375. The topological polar surface area (TPSA) is 98.2 Å². The lowest BCUT2D eigenvalue weighted by Crippen LogP contribution is -2.20. The fourth-order valence-corrected chi connectivity index (χ4v) is 2.99. The minimum absolute atomic E-state index is 0.00362. The summed E-state index contributed by atoms with van der Waals surface area (Å²) in [6.07, 6.45) is 1.50.